The van der Waals surface area contributed by atoms with Gasteiger partial charge in [-0.3, -0.25) is 0 Å². The number of nitrogens with one attached hydrogen (secondary N) is 1. The normalized spacial score (nSPS) is 20.6. The number of aryl methyl sites for hydroxylation is 1. The molecule has 1 heterocycles. The van der Waals surface area contributed by atoms with Crippen molar-refractivity contribution in [1.82, 2.24) is 5.32 Å². The molecule has 94 valence electrons. The summed E-state index contributed by atoms with van der Waals surface area (Å²) < 4.78 is 24.0. The first-order valence-corrected chi connectivity index (χ1v) is 7.50. The van der Waals surface area contributed by atoms with E-state index in [1.807, 2.05) is 0 Å². The minimum Gasteiger partial charge on any atom is -0.508 e. The smallest absolute Gasteiger partial charge is 0.154 e. The quantitative estimate of drug-likeness (QED) is 0.831. The lowest BCUT2D eigenvalue weighted by Gasteiger charge is -2.10. The molecule has 0 aromatic heterocycles. The Morgan fingerprint density at radius 3 is 2.76 bits per heavy atom. The Bertz CT molecular complexity index is 478. The summed E-state index contributed by atoms with van der Waals surface area (Å²) in [7, 11) is -3.05. The molecule has 1 aromatic carbocycles. The molecule has 0 amide bonds. The third-order valence-electron chi connectivity index (χ3n) is 3.17. The van der Waals surface area contributed by atoms with Crippen molar-refractivity contribution in [2.24, 2.45) is 0 Å². The highest BCUT2D eigenvalue weighted by molar-refractivity contribution is 7.92. The summed E-state index contributed by atoms with van der Waals surface area (Å²) in [6.07, 6.45) is 1.08. The summed E-state index contributed by atoms with van der Waals surface area (Å²) in [4.78, 5) is 0. The number of phenols is 1. The van der Waals surface area contributed by atoms with Gasteiger partial charge in [0.15, 0.2) is 9.84 Å². The Kier molecular flexibility index (Phi) is 3.69. The van der Waals surface area contributed by atoms with E-state index in [0.29, 0.717) is 24.9 Å². The van der Waals surface area contributed by atoms with Crippen molar-refractivity contribution in [3.8, 4) is 5.75 Å². The molecule has 1 atom stereocenters. The van der Waals surface area contributed by atoms with Gasteiger partial charge in [-0.05, 0) is 31.0 Å². The van der Waals surface area contributed by atoms with Crippen LogP contribution >= 0.6 is 0 Å². The van der Waals surface area contributed by atoms with E-state index < -0.39 is 9.84 Å². The van der Waals surface area contributed by atoms with E-state index in [4.69, 9.17) is 0 Å². The Hall–Kier alpha value is -1.07. The molecule has 1 aliphatic rings. The van der Waals surface area contributed by atoms with Gasteiger partial charge in [0, 0.05) is 6.54 Å². The van der Waals surface area contributed by atoms with Crippen molar-refractivity contribution in [3.63, 3.8) is 0 Å². The Labute approximate surface area is 102 Å². The molecule has 1 aromatic rings. The summed E-state index contributed by atoms with van der Waals surface area (Å²) in [5.41, 5.74) is 0.696. The summed E-state index contributed by atoms with van der Waals surface area (Å²) in [6.45, 7) is 1.34. The molecule has 1 fully saturated rings. The zero-order valence-corrected chi connectivity index (χ0v) is 10.4. The van der Waals surface area contributed by atoms with Gasteiger partial charge in [0.1, 0.15) is 5.75 Å². The van der Waals surface area contributed by atoms with Crippen molar-refractivity contribution in [2.75, 3.05) is 18.8 Å². The van der Waals surface area contributed by atoms with Crippen molar-refractivity contribution < 1.29 is 13.5 Å². The van der Waals surface area contributed by atoms with Gasteiger partial charge in [-0.1, -0.05) is 18.2 Å². The number of benzene rings is 1. The second kappa shape index (κ2) is 5.06. The standard InChI is InChI=1S/C12H17NO3S/c14-12-4-2-1-3-10(12)6-8-17(15,16)11-5-7-13-9-11/h1-4,11,13-14H,5-9H2. The van der Waals surface area contributed by atoms with Crippen molar-refractivity contribution in [1.29, 1.82) is 0 Å². The van der Waals surface area contributed by atoms with Crippen LogP contribution in [-0.4, -0.2) is 37.6 Å². The Morgan fingerprint density at radius 2 is 2.12 bits per heavy atom. The van der Waals surface area contributed by atoms with E-state index in [-0.39, 0.29) is 16.8 Å². The van der Waals surface area contributed by atoms with Gasteiger partial charge in [0.05, 0.1) is 11.0 Å². The lowest BCUT2D eigenvalue weighted by Crippen LogP contribution is -2.27. The van der Waals surface area contributed by atoms with Gasteiger partial charge < -0.3 is 10.4 Å². The zero-order valence-electron chi connectivity index (χ0n) is 9.59. The molecule has 2 N–H and O–H groups in total. The van der Waals surface area contributed by atoms with Crippen molar-refractivity contribution in [3.05, 3.63) is 29.8 Å². The maximum absolute atomic E-state index is 12.0. The van der Waals surface area contributed by atoms with Crippen molar-refractivity contribution >= 4 is 9.84 Å². The van der Waals surface area contributed by atoms with Crippen LogP contribution < -0.4 is 5.32 Å². The first-order chi connectivity index (χ1) is 8.09. The average molecular weight is 255 g/mol. The molecule has 17 heavy (non-hydrogen) atoms. The first kappa shape index (κ1) is 12.4. The number of aromatic hydroxyl groups is 1. The maximum atomic E-state index is 12.0. The van der Waals surface area contributed by atoms with E-state index in [0.717, 1.165) is 6.54 Å². The fraction of sp³-hybridized carbons (Fsp3) is 0.500. The van der Waals surface area contributed by atoms with Gasteiger partial charge >= 0.3 is 0 Å². The average Bonchev–Trinajstić information content (AvgIpc) is 2.82. The minimum absolute atomic E-state index is 0.108. The van der Waals surface area contributed by atoms with Crippen LogP contribution in [0.4, 0.5) is 0 Å². The van der Waals surface area contributed by atoms with Gasteiger partial charge in [0.2, 0.25) is 0 Å². The van der Waals surface area contributed by atoms with E-state index in [9.17, 15) is 13.5 Å². The monoisotopic (exact) mass is 255 g/mol. The molecule has 4 nitrogen and oxygen atoms in total. The van der Waals surface area contributed by atoms with E-state index in [1.165, 1.54) is 0 Å². The van der Waals surface area contributed by atoms with Crippen LogP contribution in [-0.2, 0) is 16.3 Å². The lowest BCUT2D eigenvalue weighted by atomic mass is 10.1. The predicted molar refractivity (Wildman–Crippen MR) is 66.9 cm³/mol. The van der Waals surface area contributed by atoms with Gasteiger partial charge in [-0.15, -0.1) is 0 Å². The summed E-state index contributed by atoms with van der Waals surface area (Å²) in [6, 6.07) is 6.88. The number of phenolic OH excluding ortho intramolecular Hbond substituents is 1. The fourth-order valence-corrected chi connectivity index (χ4v) is 3.76. The summed E-state index contributed by atoms with van der Waals surface area (Å²) in [5.74, 6) is 0.281. The summed E-state index contributed by atoms with van der Waals surface area (Å²) >= 11 is 0. The van der Waals surface area contributed by atoms with E-state index in [2.05, 4.69) is 5.32 Å². The minimum atomic E-state index is -3.05. The van der Waals surface area contributed by atoms with Crippen LogP contribution in [0.3, 0.4) is 0 Å². The van der Waals surface area contributed by atoms with Crippen LogP contribution in [0.1, 0.15) is 12.0 Å². The largest absolute Gasteiger partial charge is 0.508 e. The van der Waals surface area contributed by atoms with Crippen molar-refractivity contribution in [2.45, 2.75) is 18.1 Å². The highest BCUT2D eigenvalue weighted by Crippen LogP contribution is 2.18. The van der Waals surface area contributed by atoms with Crippen LogP contribution in [0.15, 0.2) is 24.3 Å². The Balaban J connectivity index is 2.00. The maximum Gasteiger partial charge on any atom is 0.154 e. The van der Waals surface area contributed by atoms with Crippen LogP contribution in [0.5, 0.6) is 5.75 Å². The number of para-hydroxylation sites is 1. The van der Waals surface area contributed by atoms with Gasteiger partial charge in [-0.2, -0.15) is 0 Å². The van der Waals surface area contributed by atoms with E-state index in [1.54, 1.807) is 24.3 Å². The Morgan fingerprint density at radius 1 is 1.35 bits per heavy atom. The molecular formula is C12H17NO3S. The molecule has 1 aliphatic heterocycles. The SMILES string of the molecule is O=S(=O)(CCc1ccccc1O)C1CCNC1. The number of hydrogen-bond donors (Lipinski definition) is 2. The molecule has 0 saturated carbocycles. The molecule has 5 heteroatoms. The molecule has 0 radical (unpaired) electrons. The summed E-state index contributed by atoms with van der Waals surface area (Å²) in [5, 5.41) is 12.4. The second-order valence-electron chi connectivity index (χ2n) is 4.36. The predicted octanol–water partition coefficient (Wildman–Crippen LogP) is 0.711. The number of rotatable bonds is 4. The third kappa shape index (κ3) is 2.98. The zero-order chi connectivity index (χ0) is 12.3. The molecule has 0 bridgehead atoms. The fourth-order valence-electron chi connectivity index (χ4n) is 2.08. The highest BCUT2D eigenvalue weighted by Gasteiger charge is 2.28. The molecule has 2 rings (SSSR count). The van der Waals surface area contributed by atoms with Crippen LogP contribution in [0.25, 0.3) is 0 Å². The second-order valence-corrected chi connectivity index (χ2v) is 6.76. The number of sulfone groups is 1. The topological polar surface area (TPSA) is 66.4 Å². The molecule has 0 aliphatic carbocycles. The first-order valence-electron chi connectivity index (χ1n) is 5.79. The molecule has 0 spiro atoms. The van der Waals surface area contributed by atoms with Gasteiger partial charge in [0.25, 0.3) is 0 Å². The highest BCUT2D eigenvalue weighted by atomic mass is 32.2. The number of hydrogen-bond acceptors (Lipinski definition) is 4. The molecule has 1 saturated heterocycles. The van der Waals surface area contributed by atoms with Crippen LogP contribution in [0.2, 0.25) is 0 Å². The van der Waals surface area contributed by atoms with Crippen LogP contribution in [0, 0.1) is 0 Å². The lowest BCUT2D eigenvalue weighted by molar-refractivity contribution is 0.469. The molecule has 1 unspecified atom stereocenters. The molecular weight excluding hydrogens is 238 g/mol. The third-order valence-corrected chi connectivity index (χ3v) is 5.36. The van der Waals surface area contributed by atoms with Gasteiger partial charge in [-0.25, -0.2) is 8.42 Å². The van der Waals surface area contributed by atoms with E-state index >= 15 is 0 Å².